The molecule has 0 aromatic heterocycles. The second-order valence-electron chi connectivity index (χ2n) is 6.74. The van der Waals surface area contributed by atoms with Crippen molar-refractivity contribution < 1.29 is 29.1 Å². The Bertz CT molecular complexity index is 601. The third-order valence-electron chi connectivity index (χ3n) is 3.99. The molecule has 0 fully saturated rings. The summed E-state index contributed by atoms with van der Waals surface area (Å²) in [7, 11) is 0. The van der Waals surface area contributed by atoms with Crippen LogP contribution in [0.15, 0.2) is 0 Å². The highest BCUT2D eigenvalue weighted by atomic mass is 32.2. The van der Waals surface area contributed by atoms with E-state index in [4.69, 9.17) is 11.5 Å². The summed E-state index contributed by atoms with van der Waals surface area (Å²) < 4.78 is 0. The Morgan fingerprint density at radius 3 is 1.97 bits per heavy atom. The summed E-state index contributed by atoms with van der Waals surface area (Å²) >= 11 is 1.45. The predicted molar refractivity (Wildman–Crippen MR) is 109 cm³/mol. The van der Waals surface area contributed by atoms with E-state index >= 15 is 0 Å². The van der Waals surface area contributed by atoms with Crippen LogP contribution in [-0.2, 0) is 24.0 Å². The van der Waals surface area contributed by atoms with Crippen molar-refractivity contribution in [3.8, 4) is 0 Å². The Hall–Kier alpha value is -2.34. The zero-order valence-electron chi connectivity index (χ0n) is 16.9. The first-order valence-corrected chi connectivity index (χ1v) is 10.5. The number of carbonyl (C=O) groups excluding carboxylic acids is 4. The quantitative estimate of drug-likeness (QED) is 0.184. The SMILES string of the molecule is CSCCC(NC(=O)C(CCC(N)=O)NC(=O)CN)C(=O)NC(C(=O)O)C(C)C. The number of nitrogens with one attached hydrogen (secondary N) is 3. The van der Waals surface area contributed by atoms with Gasteiger partial charge in [-0.25, -0.2) is 4.79 Å². The van der Waals surface area contributed by atoms with E-state index in [1.807, 2.05) is 6.26 Å². The summed E-state index contributed by atoms with van der Waals surface area (Å²) in [5.74, 6) is -3.61. The third kappa shape index (κ3) is 10.7. The van der Waals surface area contributed by atoms with Crippen LogP contribution in [0.4, 0.5) is 0 Å². The second kappa shape index (κ2) is 13.8. The van der Waals surface area contributed by atoms with Crippen molar-refractivity contribution in [3.05, 3.63) is 0 Å². The molecule has 0 aromatic carbocycles. The molecule has 0 heterocycles. The molecule has 0 spiro atoms. The lowest BCUT2D eigenvalue weighted by molar-refractivity contribution is -0.143. The molecule has 0 radical (unpaired) electrons. The van der Waals surface area contributed by atoms with Crippen molar-refractivity contribution >= 4 is 41.4 Å². The number of hydrogen-bond acceptors (Lipinski definition) is 7. The predicted octanol–water partition coefficient (Wildman–Crippen LogP) is -1.84. The fourth-order valence-electron chi connectivity index (χ4n) is 2.35. The van der Waals surface area contributed by atoms with Gasteiger partial charge in [-0.15, -0.1) is 0 Å². The molecule has 11 nitrogen and oxygen atoms in total. The lowest BCUT2D eigenvalue weighted by Gasteiger charge is -2.25. The molecular weight excluding hydrogens is 402 g/mol. The molecule has 3 atom stereocenters. The van der Waals surface area contributed by atoms with E-state index in [0.717, 1.165) is 0 Å². The van der Waals surface area contributed by atoms with Crippen molar-refractivity contribution in [2.75, 3.05) is 18.6 Å². The van der Waals surface area contributed by atoms with E-state index in [2.05, 4.69) is 16.0 Å². The lowest BCUT2D eigenvalue weighted by Crippen LogP contribution is -2.57. The number of amides is 4. The van der Waals surface area contributed by atoms with Gasteiger partial charge in [-0.1, -0.05) is 13.8 Å². The summed E-state index contributed by atoms with van der Waals surface area (Å²) in [6.07, 6.45) is 1.85. The molecule has 0 aromatic rings. The molecule has 8 N–H and O–H groups in total. The minimum atomic E-state index is -1.18. The normalized spacial score (nSPS) is 13.8. The average Bonchev–Trinajstić information content (AvgIpc) is 2.64. The van der Waals surface area contributed by atoms with Gasteiger partial charge in [-0.2, -0.15) is 11.8 Å². The lowest BCUT2D eigenvalue weighted by atomic mass is 10.0. The highest BCUT2D eigenvalue weighted by Gasteiger charge is 2.30. The molecule has 29 heavy (non-hydrogen) atoms. The van der Waals surface area contributed by atoms with Gasteiger partial charge in [0.25, 0.3) is 0 Å². The van der Waals surface area contributed by atoms with Crippen molar-refractivity contribution in [3.63, 3.8) is 0 Å². The van der Waals surface area contributed by atoms with Gasteiger partial charge in [-0.05, 0) is 30.8 Å². The maximum absolute atomic E-state index is 12.6. The fourth-order valence-corrected chi connectivity index (χ4v) is 2.82. The summed E-state index contributed by atoms with van der Waals surface area (Å²) in [6.45, 7) is 2.94. The van der Waals surface area contributed by atoms with Crippen LogP contribution in [0.2, 0.25) is 0 Å². The van der Waals surface area contributed by atoms with Gasteiger partial charge in [0.1, 0.15) is 18.1 Å². The summed E-state index contributed by atoms with van der Waals surface area (Å²) in [5, 5.41) is 16.6. The summed E-state index contributed by atoms with van der Waals surface area (Å²) in [5.41, 5.74) is 10.3. The Balaban J connectivity index is 5.32. The largest absolute Gasteiger partial charge is 0.480 e. The Morgan fingerprint density at radius 2 is 1.52 bits per heavy atom. The molecule has 0 saturated carbocycles. The number of carbonyl (C=O) groups is 5. The van der Waals surface area contributed by atoms with E-state index in [0.29, 0.717) is 5.75 Å². The maximum Gasteiger partial charge on any atom is 0.326 e. The van der Waals surface area contributed by atoms with Gasteiger partial charge < -0.3 is 32.5 Å². The topological polar surface area (TPSA) is 194 Å². The first-order chi connectivity index (χ1) is 13.5. The highest BCUT2D eigenvalue weighted by Crippen LogP contribution is 2.07. The Labute approximate surface area is 174 Å². The van der Waals surface area contributed by atoms with Crippen LogP contribution in [0.3, 0.4) is 0 Å². The van der Waals surface area contributed by atoms with Gasteiger partial charge in [0.05, 0.1) is 6.54 Å². The maximum atomic E-state index is 12.6. The average molecular weight is 434 g/mol. The zero-order chi connectivity index (χ0) is 22.6. The molecule has 3 unspecified atom stereocenters. The highest BCUT2D eigenvalue weighted by molar-refractivity contribution is 7.98. The zero-order valence-corrected chi connectivity index (χ0v) is 17.7. The molecule has 0 bridgehead atoms. The van der Waals surface area contributed by atoms with Crippen LogP contribution in [0.25, 0.3) is 0 Å². The monoisotopic (exact) mass is 433 g/mol. The van der Waals surface area contributed by atoms with Crippen LogP contribution >= 0.6 is 11.8 Å². The summed E-state index contributed by atoms with van der Waals surface area (Å²) in [4.78, 5) is 59.2. The first-order valence-electron chi connectivity index (χ1n) is 9.13. The first kappa shape index (κ1) is 26.7. The number of carboxylic acids is 1. The van der Waals surface area contributed by atoms with E-state index in [1.165, 1.54) is 11.8 Å². The summed E-state index contributed by atoms with van der Waals surface area (Å²) in [6, 6.07) is -3.23. The number of thioether (sulfide) groups is 1. The molecule has 0 aliphatic carbocycles. The van der Waals surface area contributed by atoms with Crippen LogP contribution in [-0.4, -0.2) is 71.4 Å². The van der Waals surface area contributed by atoms with Crippen molar-refractivity contribution in [2.45, 2.75) is 51.2 Å². The minimum Gasteiger partial charge on any atom is -0.480 e. The molecule has 166 valence electrons. The van der Waals surface area contributed by atoms with Crippen LogP contribution in [0.5, 0.6) is 0 Å². The van der Waals surface area contributed by atoms with E-state index < -0.39 is 47.7 Å². The van der Waals surface area contributed by atoms with Crippen molar-refractivity contribution in [1.82, 2.24) is 16.0 Å². The van der Waals surface area contributed by atoms with E-state index in [9.17, 15) is 29.1 Å². The number of aliphatic carboxylic acids is 1. The Morgan fingerprint density at radius 1 is 0.966 bits per heavy atom. The van der Waals surface area contributed by atoms with Crippen molar-refractivity contribution in [2.24, 2.45) is 17.4 Å². The smallest absolute Gasteiger partial charge is 0.326 e. The Kier molecular flexibility index (Phi) is 12.7. The van der Waals surface area contributed by atoms with Crippen LogP contribution in [0, 0.1) is 5.92 Å². The van der Waals surface area contributed by atoms with Gasteiger partial charge >= 0.3 is 5.97 Å². The number of primary amides is 1. The number of carboxylic acid groups (broad SMARTS) is 1. The van der Waals surface area contributed by atoms with E-state index in [-0.39, 0.29) is 31.7 Å². The molecule has 0 aliphatic heterocycles. The minimum absolute atomic E-state index is 0.0620. The third-order valence-corrected chi connectivity index (χ3v) is 4.63. The van der Waals surface area contributed by atoms with Crippen LogP contribution in [0.1, 0.15) is 33.1 Å². The van der Waals surface area contributed by atoms with Crippen LogP contribution < -0.4 is 27.4 Å². The van der Waals surface area contributed by atoms with Crippen molar-refractivity contribution in [1.29, 1.82) is 0 Å². The molecule has 12 heteroatoms. The van der Waals surface area contributed by atoms with E-state index in [1.54, 1.807) is 13.8 Å². The van der Waals surface area contributed by atoms with Gasteiger partial charge in [0.15, 0.2) is 0 Å². The number of nitrogens with two attached hydrogens (primary N) is 2. The standard InChI is InChI=1S/C17H31N5O6S/c1-9(2)14(17(27)28)22-16(26)11(6-7-29-3)21-15(25)10(4-5-12(19)23)20-13(24)8-18/h9-11,14H,4-8,18H2,1-3H3,(H2,19,23)(H,20,24)(H,21,25)(H,22,26)(H,27,28). The second-order valence-corrected chi connectivity index (χ2v) is 7.73. The van der Waals surface area contributed by atoms with Gasteiger partial charge in [0.2, 0.25) is 23.6 Å². The number of hydrogen-bond donors (Lipinski definition) is 6. The number of rotatable bonds is 14. The molecule has 0 saturated heterocycles. The van der Waals surface area contributed by atoms with Gasteiger partial charge in [-0.3, -0.25) is 19.2 Å². The molecule has 0 rings (SSSR count). The molecule has 4 amide bonds. The molecule has 0 aliphatic rings. The molecular formula is C17H31N5O6S. The van der Waals surface area contributed by atoms with Gasteiger partial charge in [0, 0.05) is 6.42 Å². The fraction of sp³-hybridized carbons (Fsp3) is 0.706.